The normalized spacial score (nSPS) is 18.5. The fourth-order valence-corrected chi connectivity index (χ4v) is 5.69. The van der Waals surface area contributed by atoms with Gasteiger partial charge >= 0.3 is 0 Å². The molecule has 2 saturated heterocycles. The van der Waals surface area contributed by atoms with E-state index in [-0.39, 0.29) is 11.5 Å². The highest BCUT2D eigenvalue weighted by Gasteiger charge is 2.42. The predicted octanol–water partition coefficient (Wildman–Crippen LogP) is 4.55. The number of aryl methyl sites for hydroxylation is 3. The van der Waals surface area contributed by atoms with E-state index in [1.165, 1.54) is 17.3 Å². The second-order valence-corrected chi connectivity index (χ2v) is 10.4. The molecule has 0 saturated carbocycles. The van der Waals surface area contributed by atoms with Gasteiger partial charge in [-0.2, -0.15) is 0 Å². The second-order valence-electron chi connectivity index (χ2n) is 10.4. The summed E-state index contributed by atoms with van der Waals surface area (Å²) < 4.78 is 26.4. The molecule has 0 spiro atoms. The number of fused-ring (bicyclic) bond motifs is 1. The van der Waals surface area contributed by atoms with Crippen molar-refractivity contribution < 1.29 is 18.4 Å². The third kappa shape index (κ3) is 5.39. The average molecular weight is 519 g/mol. The lowest BCUT2D eigenvalue weighted by atomic mass is 10.0. The third-order valence-corrected chi connectivity index (χ3v) is 7.72. The van der Waals surface area contributed by atoms with Crippen molar-refractivity contribution in [2.24, 2.45) is 11.8 Å². The molecule has 3 aromatic rings. The average Bonchev–Trinajstić information content (AvgIpc) is 3.48. The molecule has 2 amide bonds. The maximum Gasteiger partial charge on any atom is 0.255 e. The molecule has 1 N–H and O–H groups in total. The molecule has 0 radical (unpaired) electrons. The number of aromatic nitrogens is 1. The number of pyridine rings is 1. The molecule has 2 fully saturated rings. The maximum absolute atomic E-state index is 13.4. The van der Waals surface area contributed by atoms with Gasteiger partial charge in [0.1, 0.15) is 0 Å². The number of rotatable bonds is 7. The molecule has 3 heterocycles. The summed E-state index contributed by atoms with van der Waals surface area (Å²) in [6, 6.07) is 13.5. The zero-order valence-electron chi connectivity index (χ0n) is 21.7. The smallest absolute Gasteiger partial charge is 0.255 e. The van der Waals surface area contributed by atoms with Gasteiger partial charge in [-0.25, -0.2) is 8.78 Å². The number of anilines is 1. The van der Waals surface area contributed by atoms with Crippen LogP contribution in [-0.2, 0) is 6.42 Å². The Morgan fingerprint density at radius 2 is 1.74 bits per heavy atom. The van der Waals surface area contributed by atoms with E-state index >= 15 is 0 Å². The van der Waals surface area contributed by atoms with Crippen molar-refractivity contribution in [3.63, 3.8) is 0 Å². The van der Waals surface area contributed by atoms with Gasteiger partial charge in [0.2, 0.25) is 0 Å². The van der Waals surface area contributed by atoms with E-state index in [9.17, 15) is 18.4 Å². The van der Waals surface area contributed by atoms with Crippen molar-refractivity contribution >= 4 is 17.5 Å². The van der Waals surface area contributed by atoms with Gasteiger partial charge in [-0.05, 0) is 74.2 Å². The van der Waals surface area contributed by atoms with E-state index in [1.807, 2.05) is 24.8 Å². The van der Waals surface area contributed by atoms with Crippen LogP contribution in [0, 0.1) is 37.3 Å². The van der Waals surface area contributed by atoms with Crippen molar-refractivity contribution in [2.45, 2.75) is 26.7 Å². The van der Waals surface area contributed by atoms with Crippen molar-refractivity contribution in [2.75, 3.05) is 37.6 Å². The number of likely N-dealkylation sites (tertiary alicyclic amines) is 1. The zero-order valence-corrected chi connectivity index (χ0v) is 21.7. The summed E-state index contributed by atoms with van der Waals surface area (Å²) in [4.78, 5) is 34.1. The highest BCUT2D eigenvalue weighted by atomic mass is 19.2. The summed E-state index contributed by atoms with van der Waals surface area (Å²) in [7, 11) is 0. The van der Waals surface area contributed by atoms with Crippen LogP contribution in [0.3, 0.4) is 0 Å². The molecule has 0 aliphatic carbocycles. The van der Waals surface area contributed by atoms with Gasteiger partial charge in [0.25, 0.3) is 11.8 Å². The highest BCUT2D eigenvalue weighted by Crippen LogP contribution is 2.35. The molecule has 8 heteroatoms. The Kier molecular flexibility index (Phi) is 7.40. The first-order chi connectivity index (χ1) is 18.3. The van der Waals surface area contributed by atoms with Gasteiger partial charge < -0.3 is 15.1 Å². The number of amides is 2. The minimum Gasteiger partial charge on any atom is -0.371 e. The van der Waals surface area contributed by atoms with Crippen LogP contribution >= 0.6 is 0 Å². The largest absolute Gasteiger partial charge is 0.371 e. The molecule has 2 aromatic carbocycles. The maximum atomic E-state index is 13.4. The van der Waals surface area contributed by atoms with Crippen molar-refractivity contribution in [1.82, 2.24) is 15.2 Å². The van der Waals surface area contributed by atoms with Crippen molar-refractivity contribution in [3.8, 4) is 0 Å². The Morgan fingerprint density at radius 1 is 0.974 bits per heavy atom. The topological polar surface area (TPSA) is 65.5 Å². The number of carbonyl (C=O) groups is 2. The molecule has 6 nitrogen and oxygen atoms in total. The van der Waals surface area contributed by atoms with Crippen LogP contribution in [0.2, 0.25) is 0 Å². The lowest BCUT2D eigenvalue weighted by molar-refractivity contribution is 0.0780. The molecule has 198 valence electrons. The number of halogens is 2. The Balaban J connectivity index is 1.12. The molecule has 1 aromatic heterocycles. The van der Waals surface area contributed by atoms with Crippen molar-refractivity contribution in [3.05, 3.63) is 94.3 Å². The monoisotopic (exact) mass is 518 g/mol. The Hall–Kier alpha value is -3.81. The number of benzene rings is 2. The van der Waals surface area contributed by atoms with Crippen LogP contribution < -0.4 is 10.2 Å². The van der Waals surface area contributed by atoms with Gasteiger partial charge in [-0.15, -0.1) is 0 Å². The summed E-state index contributed by atoms with van der Waals surface area (Å²) in [6.45, 7) is 7.69. The molecule has 0 bridgehead atoms. The first kappa shape index (κ1) is 25.8. The minimum atomic E-state index is -1.03. The summed E-state index contributed by atoms with van der Waals surface area (Å²) in [5.41, 5.74) is 4.96. The van der Waals surface area contributed by atoms with Crippen LogP contribution in [0.5, 0.6) is 0 Å². The van der Waals surface area contributed by atoms with Gasteiger partial charge in [0, 0.05) is 62.0 Å². The van der Waals surface area contributed by atoms with E-state index in [0.717, 1.165) is 68.0 Å². The lowest BCUT2D eigenvalue weighted by Gasteiger charge is -2.24. The highest BCUT2D eigenvalue weighted by molar-refractivity contribution is 5.97. The number of hydrogen-bond acceptors (Lipinski definition) is 4. The number of nitrogens with one attached hydrogen (secondary N) is 1. The van der Waals surface area contributed by atoms with E-state index in [2.05, 4.69) is 39.5 Å². The number of hydrogen-bond donors (Lipinski definition) is 1. The van der Waals surface area contributed by atoms with Crippen LogP contribution in [0.15, 0.2) is 54.7 Å². The minimum absolute atomic E-state index is 0.0905. The Bertz CT molecular complexity index is 1330. The first-order valence-corrected chi connectivity index (χ1v) is 13.1. The van der Waals surface area contributed by atoms with Crippen LogP contribution in [0.4, 0.5) is 14.5 Å². The Labute approximate surface area is 221 Å². The quantitative estimate of drug-likeness (QED) is 0.466. The molecular formula is C30H32F2N4O2. The zero-order chi connectivity index (χ0) is 26.8. The molecule has 2 aliphatic heterocycles. The molecule has 2 atom stereocenters. The fourth-order valence-electron chi connectivity index (χ4n) is 5.69. The fraction of sp³-hybridized carbons (Fsp3) is 0.367. The van der Waals surface area contributed by atoms with Crippen LogP contribution in [-0.4, -0.2) is 54.4 Å². The second kappa shape index (κ2) is 10.9. The van der Waals surface area contributed by atoms with Crippen LogP contribution in [0.1, 0.15) is 44.0 Å². The first-order valence-electron chi connectivity index (χ1n) is 13.1. The van der Waals surface area contributed by atoms with E-state index in [4.69, 9.17) is 0 Å². The van der Waals surface area contributed by atoms with Gasteiger partial charge in [-0.3, -0.25) is 14.6 Å². The molecule has 2 unspecified atom stereocenters. The third-order valence-electron chi connectivity index (χ3n) is 7.72. The number of carbonyl (C=O) groups excluding carboxylic acids is 2. The summed E-state index contributed by atoms with van der Waals surface area (Å²) in [5.74, 6) is -1.42. The standard InChI is InChI=1S/C30H32F2N4O2/c1-19-10-12-33-20(2)28(19)30(38)36-17-23-15-35(16-24(23)18-36)25-7-3-5-21(13-25)6-4-11-34-29(37)22-8-9-26(31)27(32)14-22/h3,5,7-10,12-14,23-24H,4,6,11,15-18H2,1-2H3,(H,34,37). The van der Waals surface area contributed by atoms with E-state index in [0.29, 0.717) is 18.4 Å². The van der Waals surface area contributed by atoms with Gasteiger partial charge in [0.15, 0.2) is 11.6 Å². The number of nitrogens with zero attached hydrogens (tertiary/aromatic N) is 3. The summed E-state index contributed by atoms with van der Waals surface area (Å²) in [5, 5.41) is 2.77. The SMILES string of the molecule is Cc1ccnc(C)c1C(=O)N1CC2CN(c3cccc(CCCNC(=O)c4ccc(F)c(F)c4)c3)CC2C1. The van der Waals surface area contributed by atoms with E-state index < -0.39 is 17.5 Å². The summed E-state index contributed by atoms with van der Waals surface area (Å²) >= 11 is 0. The molecule has 38 heavy (non-hydrogen) atoms. The predicted molar refractivity (Wildman–Crippen MR) is 142 cm³/mol. The van der Waals surface area contributed by atoms with Gasteiger partial charge in [-0.1, -0.05) is 12.1 Å². The van der Waals surface area contributed by atoms with Crippen molar-refractivity contribution in [1.29, 1.82) is 0 Å². The molecular weight excluding hydrogens is 486 g/mol. The van der Waals surface area contributed by atoms with E-state index in [1.54, 1.807) is 6.20 Å². The molecule has 5 rings (SSSR count). The van der Waals surface area contributed by atoms with Gasteiger partial charge in [0.05, 0.1) is 11.3 Å². The lowest BCUT2D eigenvalue weighted by Crippen LogP contribution is -2.34. The molecule has 2 aliphatic rings. The summed E-state index contributed by atoms with van der Waals surface area (Å²) in [6.07, 6.45) is 3.27. The van der Waals surface area contributed by atoms with Crippen LogP contribution in [0.25, 0.3) is 0 Å². The Morgan fingerprint density at radius 3 is 2.45 bits per heavy atom.